The maximum atomic E-state index is 12.5. The van der Waals surface area contributed by atoms with Crippen LogP contribution in [-0.4, -0.2) is 6.54 Å². The van der Waals surface area contributed by atoms with Crippen molar-refractivity contribution in [2.24, 2.45) is 5.73 Å². The summed E-state index contributed by atoms with van der Waals surface area (Å²) >= 11 is 5.64. The van der Waals surface area contributed by atoms with E-state index >= 15 is 0 Å². The predicted octanol–water partition coefficient (Wildman–Crippen LogP) is 6.25. The number of hydrogen-bond acceptors (Lipinski definition) is 1. The first-order chi connectivity index (χ1) is 12.1. The molecule has 2 aromatic carbocycles. The van der Waals surface area contributed by atoms with Gasteiger partial charge >= 0.3 is 0 Å². The van der Waals surface area contributed by atoms with Crippen LogP contribution in [0.15, 0.2) is 72.0 Å². The van der Waals surface area contributed by atoms with Crippen molar-refractivity contribution in [1.29, 1.82) is 0 Å². The van der Waals surface area contributed by atoms with Gasteiger partial charge in [-0.15, -0.1) is 0 Å². The number of allylic oxidation sites excluding steroid dienone is 1. The first-order valence-electron chi connectivity index (χ1n) is 8.21. The molecule has 0 aliphatic carbocycles. The van der Waals surface area contributed by atoms with Gasteiger partial charge in [0.25, 0.3) is 0 Å². The minimum absolute atomic E-state index is 0.234. The fourth-order valence-corrected chi connectivity index (χ4v) is 2.43. The quantitative estimate of drug-likeness (QED) is 0.645. The summed E-state index contributed by atoms with van der Waals surface area (Å²) in [5.74, 6) is -0.256. The Balaban J connectivity index is 0.000000257. The predicted molar refractivity (Wildman–Crippen MR) is 104 cm³/mol. The molecule has 0 saturated carbocycles. The Kier molecular flexibility index (Phi) is 10.5. The van der Waals surface area contributed by atoms with Crippen LogP contribution in [0.4, 0.5) is 8.78 Å². The normalized spacial score (nSPS) is 11.7. The van der Waals surface area contributed by atoms with Crippen molar-refractivity contribution < 1.29 is 8.78 Å². The molecule has 0 aliphatic heterocycles. The number of hydrogen-bond donors (Lipinski definition) is 1. The summed E-state index contributed by atoms with van der Waals surface area (Å²) in [6, 6.07) is 16.4. The van der Waals surface area contributed by atoms with E-state index in [9.17, 15) is 8.78 Å². The highest BCUT2D eigenvalue weighted by Gasteiger charge is 1.98. The molecule has 0 fully saturated rings. The van der Waals surface area contributed by atoms with E-state index in [4.69, 9.17) is 17.3 Å². The molecule has 0 amide bonds. The molecule has 0 bridgehead atoms. The van der Waals surface area contributed by atoms with Crippen LogP contribution in [0.2, 0.25) is 0 Å². The van der Waals surface area contributed by atoms with Crippen LogP contribution < -0.4 is 5.73 Å². The van der Waals surface area contributed by atoms with Gasteiger partial charge in [0.15, 0.2) is 0 Å². The van der Waals surface area contributed by atoms with Crippen LogP contribution in [0.25, 0.3) is 5.57 Å². The number of benzene rings is 2. The van der Waals surface area contributed by atoms with Crippen molar-refractivity contribution in [3.8, 4) is 0 Å². The lowest BCUT2D eigenvalue weighted by atomic mass is 10.1. The fraction of sp³-hybridized carbons (Fsp3) is 0.238. The minimum Gasteiger partial charge on any atom is -0.327 e. The fourth-order valence-electron chi connectivity index (χ4n) is 2.15. The SMILES string of the molecule is CC/C(=C/Cl)c1ccccc1.NC/C(=C/F)CCc1ccc(F)cc1. The van der Waals surface area contributed by atoms with Gasteiger partial charge in [-0.3, -0.25) is 0 Å². The first kappa shape index (κ1) is 21.1. The summed E-state index contributed by atoms with van der Waals surface area (Å²) < 4.78 is 24.6. The average molecular weight is 364 g/mol. The van der Waals surface area contributed by atoms with E-state index in [2.05, 4.69) is 19.1 Å². The van der Waals surface area contributed by atoms with Crippen molar-refractivity contribution in [3.63, 3.8) is 0 Å². The molecule has 0 heterocycles. The zero-order valence-corrected chi connectivity index (χ0v) is 15.1. The molecule has 0 radical (unpaired) electrons. The molecule has 2 N–H and O–H groups in total. The highest BCUT2D eigenvalue weighted by molar-refractivity contribution is 6.28. The molecule has 134 valence electrons. The van der Waals surface area contributed by atoms with E-state index < -0.39 is 0 Å². The van der Waals surface area contributed by atoms with Crippen LogP contribution in [0.5, 0.6) is 0 Å². The number of rotatable bonds is 6. The number of aryl methyl sites for hydroxylation is 1. The summed E-state index contributed by atoms with van der Waals surface area (Å²) in [4.78, 5) is 0. The summed E-state index contributed by atoms with van der Waals surface area (Å²) in [6.07, 6.45) is 2.79. The second kappa shape index (κ2) is 12.4. The van der Waals surface area contributed by atoms with Gasteiger partial charge in [0.2, 0.25) is 0 Å². The lowest BCUT2D eigenvalue weighted by molar-refractivity contribution is 0.626. The zero-order chi connectivity index (χ0) is 18.5. The molecule has 25 heavy (non-hydrogen) atoms. The number of halogens is 3. The Hall–Kier alpha value is -1.97. The topological polar surface area (TPSA) is 26.0 Å². The Labute approximate surface area is 153 Å². The molecule has 0 unspecified atom stereocenters. The van der Waals surface area contributed by atoms with Crippen LogP contribution in [0.3, 0.4) is 0 Å². The highest BCUT2D eigenvalue weighted by atomic mass is 35.5. The van der Waals surface area contributed by atoms with Gasteiger partial charge in [0.1, 0.15) is 5.82 Å². The number of nitrogens with two attached hydrogens (primary N) is 1. The lowest BCUT2D eigenvalue weighted by Gasteiger charge is -2.02. The Morgan fingerprint density at radius 3 is 2.20 bits per heavy atom. The monoisotopic (exact) mass is 363 g/mol. The molecule has 4 heteroatoms. The Morgan fingerprint density at radius 2 is 1.72 bits per heavy atom. The summed E-state index contributed by atoms with van der Waals surface area (Å²) in [7, 11) is 0. The van der Waals surface area contributed by atoms with Crippen molar-refractivity contribution in [3.05, 3.63) is 89.0 Å². The molecule has 2 aromatic rings. The minimum atomic E-state index is -0.256. The molecule has 1 nitrogen and oxygen atoms in total. The third-order valence-electron chi connectivity index (χ3n) is 3.72. The average Bonchev–Trinajstić information content (AvgIpc) is 2.66. The third-order valence-corrected chi connectivity index (χ3v) is 3.99. The smallest absolute Gasteiger partial charge is 0.123 e. The molecule has 0 spiro atoms. The highest BCUT2D eigenvalue weighted by Crippen LogP contribution is 2.17. The second-order valence-electron chi connectivity index (χ2n) is 5.45. The molecular weight excluding hydrogens is 340 g/mol. The van der Waals surface area contributed by atoms with E-state index in [-0.39, 0.29) is 12.4 Å². The van der Waals surface area contributed by atoms with E-state index in [1.807, 2.05) is 18.2 Å². The van der Waals surface area contributed by atoms with Crippen molar-refractivity contribution in [2.75, 3.05) is 6.54 Å². The van der Waals surface area contributed by atoms with Gasteiger partial charge in [0, 0.05) is 12.1 Å². The molecule has 0 aliphatic rings. The van der Waals surface area contributed by atoms with Gasteiger partial charge in [-0.05, 0) is 53.7 Å². The second-order valence-corrected chi connectivity index (χ2v) is 5.67. The molecule has 2 rings (SSSR count). The van der Waals surface area contributed by atoms with Crippen LogP contribution in [-0.2, 0) is 6.42 Å². The molecule has 0 saturated heterocycles. The summed E-state index contributed by atoms with van der Waals surface area (Å²) in [5.41, 5.74) is 10.9. The maximum absolute atomic E-state index is 12.5. The van der Waals surface area contributed by atoms with E-state index in [1.165, 1.54) is 23.3 Å². The van der Waals surface area contributed by atoms with Gasteiger partial charge in [-0.25, -0.2) is 8.78 Å². The molecule has 0 aromatic heterocycles. The van der Waals surface area contributed by atoms with Gasteiger partial charge < -0.3 is 5.73 Å². The Morgan fingerprint density at radius 1 is 1.08 bits per heavy atom. The zero-order valence-electron chi connectivity index (χ0n) is 14.4. The first-order valence-corrected chi connectivity index (χ1v) is 8.65. The third kappa shape index (κ3) is 8.10. The van der Waals surface area contributed by atoms with E-state index in [1.54, 1.807) is 17.7 Å². The van der Waals surface area contributed by atoms with Crippen molar-refractivity contribution in [2.45, 2.75) is 26.2 Å². The standard InChI is InChI=1S/C11H13F2N.C10H11Cl/c12-7-10(8-14)2-1-9-3-5-11(13)6-4-9;1-2-9(8-11)10-6-4-3-5-7-10/h3-7H,1-2,8,14H2;3-8H,2H2,1H3/b10-7+;9-8-. The van der Waals surface area contributed by atoms with Gasteiger partial charge in [0.05, 0.1) is 6.33 Å². The Bertz CT molecular complexity index is 664. The van der Waals surface area contributed by atoms with Crippen LogP contribution in [0.1, 0.15) is 30.9 Å². The van der Waals surface area contributed by atoms with E-state index in [0.717, 1.165) is 12.0 Å². The van der Waals surface area contributed by atoms with Crippen molar-refractivity contribution in [1.82, 2.24) is 0 Å². The maximum Gasteiger partial charge on any atom is 0.123 e. The largest absolute Gasteiger partial charge is 0.327 e. The molecule has 0 atom stereocenters. The van der Waals surface area contributed by atoms with Gasteiger partial charge in [-0.1, -0.05) is 61.0 Å². The summed E-state index contributed by atoms with van der Waals surface area (Å²) in [5, 5.41) is 0. The van der Waals surface area contributed by atoms with E-state index in [0.29, 0.717) is 24.7 Å². The van der Waals surface area contributed by atoms with Crippen LogP contribution in [0, 0.1) is 5.82 Å². The van der Waals surface area contributed by atoms with Crippen molar-refractivity contribution >= 4 is 17.2 Å². The van der Waals surface area contributed by atoms with Crippen LogP contribution >= 0.6 is 11.6 Å². The molecular formula is C21H24ClF2N. The lowest BCUT2D eigenvalue weighted by Crippen LogP contribution is -2.03. The van der Waals surface area contributed by atoms with Gasteiger partial charge in [-0.2, -0.15) is 0 Å². The summed E-state index contributed by atoms with van der Waals surface area (Å²) in [6.45, 7) is 2.33.